The Morgan fingerprint density at radius 1 is 0.975 bits per heavy atom. The van der Waals surface area contributed by atoms with Crippen molar-refractivity contribution in [3.05, 3.63) is 70.6 Å². The van der Waals surface area contributed by atoms with Crippen molar-refractivity contribution in [1.82, 2.24) is 9.80 Å². The van der Waals surface area contributed by atoms with Crippen LogP contribution in [0.25, 0.3) is 6.08 Å². The summed E-state index contributed by atoms with van der Waals surface area (Å²) < 4.78 is 0. The molecular formula is C32H44N4O3S. The summed E-state index contributed by atoms with van der Waals surface area (Å²) in [4.78, 5) is 31.3. The van der Waals surface area contributed by atoms with E-state index in [9.17, 15) is 9.59 Å². The van der Waals surface area contributed by atoms with Crippen LogP contribution in [0.1, 0.15) is 49.7 Å². The van der Waals surface area contributed by atoms with Crippen molar-refractivity contribution in [2.75, 3.05) is 57.0 Å². The van der Waals surface area contributed by atoms with E-state index in [1.54, 1.807) is 11.8 Å². The molecule has 40 heavy (non-hydrogen) atoms. The van der Waals surface area contributed by atoms with Gasteiger partial charge in [-0.1, -0.05) is 67.8 Å². The van der Waals surface area contributed by atoms with Gasteiger partial charge in [-0.3, -0.25) is 9.59 Å². The number of carbonyl (C=O) groups is 2. The SMILES string of the molecule is CN1CCN(c2ccccc2/C=C2\SCCN(Cc3ccccc3)C2=O)CC1.NCC1(CC(=O)O)CCCCC1. The van der Waals surface area contributed by atoms with Crippen LogP contribution in [0.5, 0.6) is 0 Å². The lowest BCUT2D eigenvalue weighted by Crippen LogP contribution is -2.44. The van der Waals surface area contributed by atoms with Gasteiger partial charge in [-0.25, -0.2) is 0 Å². The molecule has 0 unspecified atom stereocenters. The number of anilines is 1. The average molecular weight is 565 g/mol. The van der Waals surface area contributed by atoms with Crippen molar-refractivity contribution in [3.63, 3.8) is 0 Å². The Hall–Kier alpha value is -2.81. The topological polar surface area (TPSA) is 90.1 Å². The minimum Gasteiger partial charge on any atom is -0.481 e. The molecule has 2 aromatic carbocycles. The highest BCUT2D eigenvalue weighted by molar-refractivity contribution is 8.04. The van der Waals surface area contributed by atoms with E-state index >= 15 is 0 Å². The Bertz CT molecular complexity index is 1140. The largest absolute Gasteiger partial charge is 0.481 e. The van der Waals surface area contributed by atoms with Gasteiger partial charge in [0.1, 0.15) is 0 Å². The molecule has 2 aromatic rings. The number of carbonyl (C=O) groups excluding carboxylic acids is 1. The van der Waals surface area contributed by atoms with E-state index in [1.165, 1.54) is 17.7 Å². The van der Waals surface area contributed by atoms with E-state index in [-0.39, 0.29) is 17.7 Å². The van der Waals surface area contributed by atoms with E-state index in [2.05, 4.69) is 59.3 Å². The first-order valence-corrected chi connectivity index (χ1v) is 15.5. The van der Waals surface area contributed by atoms with E-state index in [1.807, 2.05) is 23.1 Å². The van der Waals surface area contributed by atoms with Crippen molar-refractivity contribution in [3.8, 4) is 0 Å². The molecule has 0 bridgehead atoms. The second-order valence-corrected chi connectivity index (χ2v) is 12.4. The van der Waals surface area contributed by atoms with Gasteiger partial charge in [0.25, 0.3) is 5.91 Å². The van der Waals surface area contributed by atoms with Crippen LogP contribution in [0.15, 0.2) is 59.5 Å². The number of para-hydroxylation sites is 1. The monoisotopic (exact) mass is 564 g/mol. The number of hydrogen-bond donors (Lipinski definition) is 2. The summed E-state index contributed by atoms with van der Waals surface area (Å²) in [7, 11) is 2.17. The van der Waals surface area contributed by atoms with E-state index in [0.29, 0.717) is 13.1 Å². The minimum absolute atomic E-state index is 0.0793. The Kier molecular flexibility index (Phi) is 11.1. The predicted octanol–water partition coefficient (Wildman–Crippen LogP) is 4.93. The second-order valence-electron chi connectivity index (χ2n) is 11.3. The van der Waals surface area contributed by atoms with E-state index in [0.717, 1.165) is 74.6 Å². The number of carboxylic acids is 1. The Morgan fingerprint density at radius 2 is 1.65 bits per heavy atom. The number of nitrogens with zero attached hydrogens (tertiary/aromatic N) is 3. The third kappa shape index (κ3) is 8.35. The van der Waals surface area contributed by atoms with Crippen molar-refractivity contribution >= 4 is 35.4 Å². The number of nitrogens with two attached hydrogens (primary N) is 1. The van der Waals surface area contributed by atoms with Crippen molar-refractivity contribution in [2.45, 2.75) is 45.1 Å². The normalized spacial score (nSPS) is 20.6. The number of benzene rings is 2. The summed E-state index contributed by atoms with van der Waals surface area (Å²) in [6.45, 7) is 6.20. The second kappa shape index (κ2) is 14.7. The molecule has 8 heteroatoms. The molecule has 3 fully saturated rings. The molecule has 216 valence electrons. The lowest BCUT2D eigenvalue weighted by Gasteiger charge is -2.35. The number of aliphatic carboxylic acids is 1. The van der Waals surface area contributed by atoms with Crippen LogP contribution in [0, 0.1) is 5.41 Å². The molecule has 5 rings (SSSR count). The van der Waals surface area contributed by atoms with Gasteiger partial charge >= 0.3 is 5.97 Å². The summed E-state index contributed by atoms with van der Waals surface area (Å²) in [5.41, 5.74) is 9.10. The van der Waals surface area contributed by atoms with Crippen LogP contribution in [0.3, 0.4) is 0 Å². The first-order valence-electron chi connectivity index (χ1n) is 14.5. The number of thioether (sulfide) groups is 1. The number of hydrogen-bond acceptors (Lipinski definition) is 6. The van der Waals surface area contributed by atoms with Gasteiger partial charge in [0, 0.05) is 50.7 Å². The summed E-state index contributed by atoms with van der Waals surface area (Å²) in [6.07, 6.45) is 7.86. The zero-order chi connectivity index (χ0) is 28.4. The lowest BCUT2D eigenvalue weighted by molar-refractivity contribution is -0.140. The summed E-state index contributed by atoms with van der Waals surface area (Å²) in [5.74, 6) is 0.386. The molecule has 0 aromatic heterocycles. The van der Waals surface area contributed by atoms with E-state index < -0.39 is 5.97 Å². The minimum atomic E-state index is -0.706. The van der Waals surface area contributed by atoms with Crippen LogP contribution in [0.2, 0.25) is 0 Å². The molecule has 3 N–H and O–H groups in total. The molecule has 7 nitrogen and oxygen atoms in total. The van der Waals surface area contributed by atoms with Crippen LogP contribution in [-0.4, -0.2) is 78.9 Å². The number of amides is 1. The van der Waals surface area contributed by atoms with Crippen LogP contribution in [0.4, 0.5) is 5.69 Å². The Balaban J connectivity index is 0.000000259. The third-order valence-electron chi connectivity index (χ3n) is 8.27. The molecule has 2 heterocycles. The van der Waals surface area contributed by atoms with Gasteiger partial charge in [-0.15, -0.1) is 11.8 Å². The Morgan fingerprint density at radius 3 is 2.33 bits per heavy atom. The van der Waals surface area contributed by atoms with E-state index in [4.69, 9.17) is 10.8 Å². The molecule has 0 spiro atoms. The van der Waals surface area contributed by atoms with Gasteiger partial charge in [0.05, 0.1) is 11.3 Å². The van der Waals surface area contributed by atoms with Crippen molar-refractivity contribution < 1.29 is 14.7 Å². The number of rotatable bonds is 7. The fraction of sp³-hybridized carbons (Fsp3) is 0.500. The summed E-state index contributed by atoms with van der Waals surface area (Å²) in [5, 5.41) is 8.71. The van der Waals surface area contributed by atoms with Crippen LogP contribution in [-0.2, 0) is 16.1 Å². The lowest BCUT2D eigenvalue weighted by atomic mass is 9.72. The first-order chi connectivity index (χ1) is 19.4. The van der Waals surface area contributed by atoms with Gasteiger partial charge < -0.3 is 25.5 Å². The summed E-state index contributed by atoms with van der Waals surface area (Å²) in [6, 6.07) is 18.7. The molecule has 1 aliphatic carbocycles. The highest BCUT2D eigenvalue weighted by Gasteiger charge is 2.32. The highest BCUT2D eigenvalue weighted by Crippen LogP contribution is 2.38. The molecule has 0 atom stereocenters. The third-order valence-corrected chi connectivity index (χ3v) is 9.26. The fourth-order valence-electron chi connectivity index (χ4n) is 5.80. The van der Waals surface area contributed by atoms with Gasteiger partial charge in [0.15, 0.2) is 0 Å². The summed E-state index contributed by atoms with van der Waals surface area (Å²) >= 11 is 1.68. The molecule has 3 aliphatic rings. The number of carboxylic acid groups (broad SMARTS) is 1. The molecule has 2 aliphatic heterocycles. The van der Waals surface area contributed by atoms with Gasteiger partial charge in [-0.2, -0.15) is 0 Å². The maximum Gasteiger partial charge on any atom is 0.303 e. The standard InChI is InChI=1S/C23H27N3OS.C9H17NO2/c1-24-11-13-25(14-12-24)21-10-6-5-9-20(21)17-22-23(27)26(15-16-28-22)18-19-7-3-2-4-8-19;10-7-9(6-8(11)12)4-2-1-3-5-9/h2-10,17H,11-16,18H2,1H3;1-7,10H2,(H,11,12)/b22-17-;. The maximum absolute atomic E-state index is 13.1. The Labute approximate surface area is 243 Å². The van der Waals surface area contributed by atoms with Crippen molar-refractivity contribution in [2.24, 2.45) is 11.1 Å². The molecular weight excluding hydrogens is 520 g/mol. The van der Waals surface area contributed by atoms with Crippen LogP contribution < -0.4 is 10.6 Å². The molecule has 1 saturated carbocycles. The van der Waals surface area contributed by atoms with Crippen molar-refractivity contribution in [1.29, 1.82) is 0 Å². The van der Waals surface area contributed by atoms with Crippen LogP contribution >= 0.6 is 11.8 Å². The highest BCUT2D eigenvalue weighted by atomic mass is 32.2. The zero-order valence-corrected chi connectivity index (χ0v) is 24.6. The molecule has 1 amide bonds. The first kappa shape index (κ1) is 30.2. The molecule has 0 radical (unpaired) electrons. The number of likely N-dealkylation sites (N-methyl/N-ethyl adjacent to an activating group) is 1. The maximum atomic E-state index is 13.1. The van der Waals surface area contributed by atoms with Gasteiger partial charge in [0.2, 0.25) is 0 Å². The quantitative estimate of drug-likeness (QED) is 0.461. The van der Waals surface area contributed by atoms with Gasteiger partial charge in [-0.05, 0) is 55.1 Å². The fourth-order valence-corrected chi connectivity index (χ4v) is 6.80. The molecule has 2 saturated heterocycles. The number of piperazine rings is 1. The predicted molar refractivity (Wildman–Crippen MR) is 165 cm³/mol. The smallest absolute Gasteiger partial charge is 0.303 e. The average Bonchev–Trinajstić information content (AvgIpc) is 2.97. The zero-order valence-electron chi connectivity index (χ0n) is 23.8.